The Bertz CT molecular complexity index is 777. The third-order valence-corrected chi connectivity index (χ3v) is 6.47. The molecule has 122 valence electrons. The molecule has 8 heteroatoms. The molecule has 4 rings (SSSR count). The van der Waals surface area contributed by atoms with Crippen LogP contribution in [0.15, 0.2) is 36.5 Å². The quantitative estimate of drug-likeness (QED) is 0.841. The summed E-state index contributed by atoms with van der Waals surface area (Å²) in [5, 5.41) is 8.35. The van der Waals surface area contributed by atoms with Crippen LogP contribution in [0.25, 0.3) is 11.3 Å². The Morgan fingerprint density at radius 1 is 1.00 bits per heavy atom. The molecular formula is C15H19N5O2S. The summed E-state index contributed by atoms with van der Waals surface area (Å²) in [6.45, 7) is 2.23. The maximum Gasteiger partial charge on any atom is 0.282 e. The fraction of sp³-hybridized carbons (Fsp3) is 0.467. The topological polar surface area (TPSA) is 71.3 Å². The molecule has 0 bridgehead atoms. The smallest absolute Gasteiger partial charge is 0.246 e. The van der Waals surface area contributed by atoms with Gasteiger partial charge in [0.05, 0.1) is 12.2 Å². The van der Waals surface area contributed by atoms with E-state index in [9.17, 15) is 8.42 Å². The third-order valence-electron chi connectivity index (χ3n) is 4.50. The molecule has 0 radical (unpaired) electrons. The van der Waals surface area contributed by atoms with Crippen LogP contribution in [0.1, 0.15) is 18.9 Å². The van der Waals surface area contributed by atoms with E-state index in [1.54, 1.807) is 8.99 Å². The molecule has 3 heterocycles. The molecule has 1 aromatic carbocycles. The molecule has 2 aliphatic rings. The lowest BCUT2D eigenvalue weighted by Crippen LogP contribution is -2.55. The lowest BCUT2D eigenvalue weighted by Gasteiger charge is -2.39. The zero-order valence-electron chi connectivity index (χ0n) is 12.7. The Balaban J connectivity index is 1.43. The molecule has 0 unspecified atom stereocenters. The van der Waals surface area contributed by atoms with Crippen LogP contribution in [0.3, 0.4) is 0 Å². The molecule has 0 saturated carbocycles. The van der Waals surface area contributed by atoms with Crippen LogP contribution in [0.4, 0.5) is 0 Å². The van der Waals surface area contributed by atoms with Crippen molar-refractivity contribution in [3.05, 3.63) is 36.5 Å². The summed E-state index contributed by atoms with van der Waals surface area (Å²) in [4.78, 5) is 0. The monoisotopic (exact) mass is 333 g/mol. The van der Waals surface area contributed by atoms with E-state index in [0.29, 0.717) is 26.2 Å². The highest BCUT2D eigenvalue weighted by Crippen LogP contribution is 2.28. The number of nitrogens with zero attached hydrogens (tertiary/aromatic N) is 5. The summed E-state index contributed by atoms with van der Waals surface area (Å²) < 4.78 is 29.7. The Morgan fingerprint density at radius 3 is 2.39 bits per heavy atom. The largest absolute Gasteiger partial charge is 0.282 e. The Morgan fingerprint density at radius 2 is 1.70 bits per heavy atom. The predicted octanol–water partition coefficient (Wildman–Crippen LogP) is 1.14. The normalized spacial score (nSPS) is 20.7. The van der Waals surface area contributed by atoms with Gasteiger partial charge in [0.2, 0.25) is 0 Å². The maximum atomic E-state index is 12.4. The highest BCUT2D eigenvalue weighted by Gasteiger charge is 2.41. The van der Waals surface area contributed by atoms with Gasteiger partial charge in [-0.1, -0.05) is 35.5 Å². The fourth-order valence-corrected chi connectivity index (χ4v) is 4.82. The van der Waals surface area contributed by atoms with Gasteiger partial charge >= 0.3 is 0 Å². The summed E-state index contributed by atoms with van der Waals surface area (Å²) in [6.07, 6.45) is 3.81. The van der Waals surface area contributed by atoms with Crippen molar-refractivity contribution in [1.82, 2.24) is 23.6 Å². The number of hydrogen-bond acceptors (Lipinski definition) is 4. The van der Waals surface area contributed by atoms with E-state index >= 15 is 0 Å². The van der Waals surface area contributed by atoms with E-state index in [4.69, 9.17) is 0 Å². The maximum absolute atomic E-state index is 12.4. The molecule has 2 aromatic rings. The molecular weight excluding hydrogens is 314 g/mol. The summed E-state index contributed by atoms with van der Waals surface area (Å²) in [5.41, 5.74) is 1.83. The molecule has 0 N–H and O–H groups in total. The third kappa shape index (κ3) is 2.66. The minimum absolute atomic E-state index is 0.0670. The molecule has 2 aliphatic heterocycles. The van der Waals surface area contributed by atoms with E-state index in [0.717, 1.165) is 24.1 Å². The van der Waals surface area contributed by atoms with Crippen LogP contribution in [-0.4, -0.2) is 58.2 Å². The van der Waals surface area contributed by atoms with Gasteiger partial charge in [0.25, 0.3) is 10.2 Å². The van der Waals surface area contributed by atoms with Crippen LogP contribution >= 0.6 is 0 Å². The minimum Gasteiger partial charge on any atom is -0.246 e. The summed E-state index contributed by atoms with van der Waals surface area (Å²) in [7, 11) is -3.28. The fourth-order valence-electron chi connectivity index (χ4n) is 3.05. The van der Waals surface area contributed by atoms with Crippen LogP contribution in [-0.2, 0) is 10.2 Å². The molecule has 0 spiro atoms. The van der Waals surface area contributed by atoms with Gasteiger partial charge in [-0.2, -0.15) is 17.0 Å². The van der Waals surface area contributed by atoms with Gasteiger partial charge in [0, 0.05) is 31.7 Å². The van der Waals surface area contributed by atoms with Gasteiger partial charge in [-0.3, -0.25) is 0 Å². The SMILES string of the molecule is O=S(=O)(N1CCCC1)N1CC(n2cc(-c3ccccc3)nn2)C1. The van der Waals surface area contributed by atoms with Crippen molar-refractivity contribution in [2.45, 2.75) is 18.9 Å². The lowest BCUT2D eigenvalue weighted by molar-refractivity contribution is 0.178. The second-order valence-corrected chi connectivity index (χ2v) is 7.96. The van der Waals surface area contributed by atoms with E-state index < -0.39 is 10.2 Å². The van der Waals surface area contributed by atoms with Crippen molar-refractivity contribution < 1.29 is 8.42 Å². The van der Waals surface area contributed by atoms with Crippen molar-refractivity contribution >= 4 is 10.2 Å². The van der Waals surface area contributed by atoms with Crippen LogP contribution in [0, 0.1) is 0 Å². The molecule has 0 aliphatic carbocycles. The van der Waals surface area contributed by atoms with E-state index in [1.165, 1.54) is 4.31 Å². The van der Waals surface area contributed by atoms with Gasteiger partial charge in [0.15, 0.2) is 0 Å². The van der Waals surface area contributed by atoms with Crippen molar-refractivity contribution in [1.29, 1.82) is 0 Å². The van der Waals surface area contributed by atoms with E-state index in [-0.39, 0.29) is 6.04 Å². The second-order valence-electron chi connectivity index (χ2n) is 6.03. The minimum atomic E-state index is -3.28. The first-order valence-corrected chi connectivity index (χ1v) is 9.27. The molecule has 23 heavy (non-hydrogen) atoms. The molecule has 7 nitrogen and oxygen atoms in total. The number of rotatable bonds is 4. The second kappa shape index (κ2) is 5.70. The lowest BCUT2D eigenvalue weighted by atomic mass is 10.1. The molecule has 2 fully saturated rings. The van der Waals surface area contributed by atoms with Gasteiger partial charge in [-0.25, -0.2) is 4.68 Å². The van der Waals surface area contributed by atoms with E-state index in [1.807, 2.05) is 36.5 Å². The van der Waals surface area contributed by atoms with Crippen molar-refractivity contribution in [2.24, 2.45) is 0 Å². The standard InChI is InChI=1S/C15H19N5O2S/c21-23(22,18-8-4-5-9-18)19-10-14(11-19)20-12-15(16-17-20)13-6-2-1-3-7-13/h1-3,6-7,12,14H,4-5,8-11H2. The average Bonchev–Trinajstić information content (AvgIpc) is 3.18. The van der Waals surface area contributed by atoms with Crippen molar-refractivity contribution in [3.8, 4) is 11.3 Å². The molecule has 0 atom stereocenters. The van der Waals surface area contributed by atoms with Gasteiger partial charge in [-0.05, 0) is 12.8 Å². The summed E-state index contributed by atoms with van der Waals surface area (Å²) >= 11 is 0. The summed E-state index contributed by atoms with van der Waals surface area (Å²) in [6, 6.07) is 9.92. The molecule has 1 aromatic heterocycles. The zero-order chi connectivity index (χ0) is 15.9. The van der Waals surface area contributed by atoms with Crippen LogP contribution < -0.4 is 0 Å². The zero-order valence-corrected chi connectivity index (χ0v) is 13.6. The number of benzene rings is 1. The van der Waals surface area contributed by atoms with Crippen molar-refractivity contribution in [3.63, 3.8) is 0 Å². The Kier molecular flexibility index (Phi) is 3.67. The first-order chi connectivity index (χ1) is 11.1. The van der Waals surface area contributed by atoms with Gasteiger partial charge in [-0.15, -0.1) is 5.10 Å². The number of hydrogen-bond donors (Lipinski definition) is 0. The van der Waals surface area contributed by atoms with Crippen LogP contribution in [0.5, 0.6) is 0 Å². The first kappa shape index (κ1) is 14.8. The van der Waals surface area contributed by atoms with E-state index in [2.05, 4.69) is 10.3 Å². The van der Waals surface area contributed by atoms with Crippen LogP contribution in [0.2, 0.25) is 0 Å². The van der Waals surface area contributed by atoms with Crippen molar-refractivity contribution in [2.75, 3.05) is 26.2 Å². The average molecular weight is 333 g/mol. The summed E-state index contributed by atoms with van der Waals surface area (Å²) in [5.74, 6) is 0. The highest BCUT2D eigenvalue weighted by atomic mass is 32.2. The first-order valence-electron chi connectivity index (χ1n) is 7.87. The van der Waals surface area contributed by atoms with Gasteiger partial charge < -0.3 is 0 Å². The number of aromatic nitrogens is 3. The predicted molar refractivity (Wildman–Crippen MR) is 85.8 cm³/mol. The molecule has 2 saturated heterocycles. The van der Waals surface area contributed by atoms with Gasteiger partial charge in [0.1, 0.15) is 5.69 Å². The highest BCUT2D eigenvalue weighted by molar-refractivity contribution is 7.86. The Hall–Kier alpha value is -1.77. The Labute approximate surface area is 135 Å². The molecule has 0 amide bonds.